The maximum atomic E-state index is 10.7. The monoisotopic (exact) mass is 269 g/mol. The Morgan fingerprint density at radius 2 is 2.36 bits per heavy atom. The Bertz CT molecular complexity index is 406. The highest BCUT2D eigenvalue weighted by Gasteiger charge is 2.09. The minimum atomic E-state index is 0.596. The van der Waals surface area contributed by atoms with Crippen LogP contribution in [0, 0.1) is 5.41 Å². The predicted molar refractivity (Wildman–Crippen MR) is 64.4 cm³/mol. The van der Waals surface area contributed by atoms with Gasteiger partial charge < -0.3 is 5.41 Å². The molecular weight excluding hydrogens is 262 g/mol. The van der Waals surface area contributed by atoms with Crippen molar-refractivity contribution >= 4 is 45.3 Å². The van der Waals surface area contributed by atoms with Crippen molar-refractivity contribution in [3.63, 3.8) is 0 Å². The van der Waals surface area contributed by atoms with Gasteiger partial charge in [0.25, 0.3) is 0 Å². The first kappa shape index (κ1) is 11.1. The van der Waals surface area contributed by atoms with E-state index in [9.17, 15) is 4.79 Å². The summed E-state index contributed by atoms with van der Waals surface area (Å²) >= 11 is 4.73. The maximum Gasteiger partial charge on any atom is 0.151 e. The second-order valence-electron chi connectivity index (χ2n) is 2.45. The summed E-state index contributed by atoms with van der Waals surface area (Å²) in [7, 11) is 0. The molecule has 0 aliphatic carbocycles. The molecule has 0 aliphatic rings. The zero-order valence-corrected chi connectivity index (χ0v) is 9.69. The van der Waals surface area contributed by atoms with Crippen LogP contribution in [0.3, 0.4) is 0 Å². The van der Waals surface area contributed by atoms with Gasteiger partial charge in [-0.05, 0) is 22.0 Å². The Morgan fingerprint density at radius 1 is 1.64 bits per heavy atom. The normalized spacial score (nSPS) is 11.1. The molecule has 1 aromatic heterocycles. The second kappa shape index (κ2) is 5.02. The zero-order chi connectivity index (χ0) is 10.6. The Kier molecular flexibility index (Phi) is 3.98. The molecule has 4 heteroatoms. The van der Waals surface area contributed by atoms with Gasteiger partial charge in [-0.25, -0.2) is 0 Å². The van der Waals surface area contributed by atoms with Gasteiger partial charge in [-0.2, -0.15) is 0 Å². The fourth-order valence-electron chi connectivity index (χ4n) is 1.00. The number of aldehydes is 1. The lowest BCUT2D eigenvalue weighted by molar-refractivity contribution is 0.112. The largest absolute Gasteiger partial charge is 0.308 e. The van der Waals surface area contributed by atoms with E-state index < -0.39 is 0 Å². The Balaban J connectivity index is 3.27. The molecule has 14 heavy (non-hydrogen) atoms. The molecule has 2 nitrogen and oxygen atoms in total. The van der Waals surface area contributed by atoms with Crippen molar-refractivity contribution in [2.75, 3.05) is 0 Å². The van der Waals surface area contributed by atoms with Gasteiger partial charge in [0.2, 0.25) is 0 Å². The summed E-state index contributed by atoms with van der Waals surface area (Å²) in [4.78, 5) is 11.5. The Morgan fingerprint density at radius 3 is 2.86 bits per heavy atom. The smallest absolute Gasteiger partial charge is 0.151 e. The summed E-state index contributed by atoms with van der Waals surface area (Å²) in [6.45, 7) is 3.56. The first-order chi connectivity index (χ1) is 6.72. The van der Waals surface area contributed by atoms with Gasteiger partial charge in [-0.1, -0.05) is 18.7 Å². The Labute approximate surface area is 94.6 Å². The van der Waals surface area contributed by atoms with Gasteiger partial charge in [-0.3, -0.25) is 4.79 Å². The van der Waals surface area contributed by atoms with Crippen LogP contribution >= 0.6 is 27.3 Å². The van der Waals surface area contributed by atoms with Crippen LogP contribution in [0.5, 0.6) is 0 Å². The fraction of sp³-hybridized carbons (Fsp3) is 0. The molecule has 1 rings (SSSR count). The average molecular weight is 270 g/mol. The summed E-state index contributed by atoms with van der Waals surface area (Å²) in [6, 6.07) is 1.74. The van der Waals surface area contributed by atoms with Crippen molar-refractivity contribution in [2.45, 2.75) is 0 Å². The predicted octanol–water partition coefficient (Wildman–Crippen LogP) is 3.54. The lowest BCUT2D eigenvalue weighted by atomic mass is 10.1. The number of thiophene rings is 1. The number of carbonyl (C=O) groups is 1. The summed E-state index contributed by atoms with van der Waals surface area (Å²) in [5.74, 6) is 0. The minimum Gasteiger partial charge on any atom is -0.308 e. The van der Waals surface area contributed by atoms with Crippen molar-refractivity contribution < 1.29 is 4.79 Å². The van der Waals surface area contributed by atoms with Crippen LogP contribution in [0.25, 0.3) is 5.57 Å². The molecule has 0 atom stereocenters. The van der Waals surface area contributed by atoms with Crippen LogP contribution in [0.2, 0.25) is 0 Å². The van der Waals surface area contributed by atoms with E-state index >= 15 is 0 Å². The van der Waals surface area contributed by atoms with Gasteiger partial charge >= 0.3 is 0 Å². The first-order valence-electron chi connectivity index (χ1n) is 3.81. The molecular formula is C10H8BrNOS. The van der Waals surface area contributed by atoms with Crippen LogP contribution in [-0.4, -0.2) is 12.5 Å². The standard InChI is InChI=1S/C10H8BrNOS/c1-2-3-7(5-12)10-8(6-13)4-9(11)14-10/h2-6,12H,1H2/b7-3+,12-5?. The molecule has 0 radical (unpaired) electrons. The van der Waals surface area contributed by atoms with E-state index in [1.807, 2.05) is 0 Å². The third kappa shape index (κ3) is 2.27. The van der Waals surface area contributed by atoms with Crippen LogP contribution in [0.4, 0.5) is 0 Å². The molecule has 0 aromatic carbocycles. The van der Waals surface area contributed by atoms with E-state index in [4.69, 9.17) is 5.41 Å². The van der Waals surface area contributed by atoms with E-state index in [1.54, 1.807) is 18.2 Å². The zero-order valence-electron chi connectivity index (χ0n) is 7.29. The van der Waals surface area contributed by atoms with Crippen molar-refractivity contribution in [2.24, 2.45) is 0 Å². The summed E-state index contributed by atoms with van der Waals surface area (Å²) in [5.41, 5.74) is 1.29. The molecule has 72 valence electrons. The molecule has 0 fully saturated rings. The quantitative estimate of drug-likeness (QED) is 0.507. The van der Waals surface area contributed by atoms with Crippen LogP contribution in [0.1, 0.15) is 15.2 Å². The number of hydrogen-bond acceptors (Lipinski definition) is 3. The van der Waals surface area contributed by atoms with Gasteiger partial charge in [0.15, 0.2) is 6.29 Å². The van der Waals surface area contributed by atoms with Crippen molar-refractivity contribution in [3.8, 4) is 0 Å². The summed E-state index contributed by atoms with van der Waals surface area (Å²) in [5, 5.41) is 7.22. The molecule has 0 amide bonds. The number of rotatable bonds is 4. The fourth-order valence-corrected chi connectivity index (χ4v) is 2.59. The van der Waals surface area contributed by atoms with E-state index in [2.05, 4.69) is 22.5 Å². The minimum absolute atomic E-state index is 0.596. The molecule has 1 N–H and O–H groups in total. The highest BCUT2D eigenvalue weighted by molar-refractivity contribution is 9.11. The highest BCUT2D eigenvalue weighted by atomic mass is 79.9. The van der Waals surface area contributed by atoms with Crippen LogP contribution in [-0.2, 0) is 0 Å². The topological polar surface area (TPSA) is 40.9 Å². The molecule has 0 bridgehead atoms. The lowest BCUT2D eigenvalue weighted by Gasteiger charge is -1.96. The molecule has 0 saturated heterocycles. The summed E-state index contributed by atoms with van der Waals surface area (Å²) < 4.78 is 0.881. The Hall–Kier alpha value is -1.00. The molecule has 0 aliphatic heterocycles. The van der Waals surface area contributed by atoms with E-state index in [1.165, 1.54) is 17.6 Å². The third-order valence-electron chi connectivity index (χ3n) is 1.57. The number of allylic oxidation sites excluding steroid dienone is 3. The van der Waals surface area contributed by atoms with E-state index in [0.717, 1.165) is 14.9 Å². The van der Waals surface area contributed by atoms with E-state index in [0.29, 0.717) is 11.1 Å². The van der Waals surface area contributed by atoms with Crippen molar-refractivity contribution in [1.29, 1.82) is 5.41 Å². The highest BCUT2D eigenvalue weighted by Crippen LogP contribution is 2.30. The molecule has 0 unspecified atom stereocenters. The SMILES string of the molecule is C=C/C=C(\C=N)c1sc(Br)cc1C=O. The first-order valence-corrected chi connectivity index (χ1v) is 5.42. The third-order valence-corrected chi connectivity index (χ3v) is 3.28. The average Bonchev–Trinajstić information content (AvgIpc) is 2.55. The van der Waals surface area contributed by atoms with Crippen LogP contribution in [0.15, 0.2) is 28.6 Å². The number of nitrogens with one attached hydrogen (secondary N) is 1. The molecule has 0 spiro atoms. The molecule has 1 aromatic rings. The summed E-state index contributed by atoms with van der Waals surface area (Å²) in [6.07, 6.45) is 5.31. The number of halogens is 1. The van der Waals surface area contributed by atoms with Crippen molar-refractivity contribution in [1.82, 2.24) is 0 Å². The second-order valence-corrected chi connectivity index (χ2v) is 4.89. The number of carbonyl (C=O) groups excluding carboxylic acids is 1. The maximum absolute atomic E-state index is 10.7. The molecule has 1 heterocycles. The van der Waals surface area contributed by atoms with E-state index in [-0.39, 0.29) is 0 Å². The van der Waals surface area contributed by atoms with Crippen LogP contribution < -0.4 is 0 Å². The lowest BCUT2D eigenvalue weighted by Crippen LogP contribution is -1.85. The van der Waals surface area contributed by atoms with Gasteiger partial charge in [-0.15, -0.1) is 11.3 Å². The van der Waals surface area contributed by atoms with Gasteiger partial charge in [0, 0.05) is 22.2 Å². The molecule has 0 saturated carbocycles. The van der Waals surface area contributed by atoms with Crippen molar-refractivity contribution in [3.05, 3.63) is 39.0 Å². The number of hydrogen-bond donors (Lipinski definition) is 1. The van der Waals surface area contributed by atoms with Gasteiger partial charge in [0.1, 0.15) is 0 Å². The van der Waals surface area contributed by atoms with Gasteiger partial charge in [0.05, 0.1) is 3.79 Å².